The zero-order valence-electron chi connectivity index (χ0n) is 15.3. The van der Waals surface area contributed by atoms with Gasteiger partial charge in [0.25, 0.3) is 10.0 Å². The first-order chi connectivity index (χ1) is 11.8. The van der Waals surface area contributed by atoms with Gasteiger partial charge < -0.3 is 9.32 Å². The SMILES string of the molecule is CC(C)c1ccc2c(c1)CCCN2Cc1ccc(S(=O)(=O)N(C)C)o1. The number of aryl methyl sites for hydroxylation is 1. The maximum atomic E-state index is 12.2. The molecule has 2 heterocycles. The predicted octanol–water partition coefficient (Wildman–Crippen LogP) is 3.61. The fourth-order valence-corrected chi connectivity index (χ4v) is 3.98. The number of anilines is 1. The van der Waals surface area contributed by atoms with E-state index in [1.165, 1.54) is 41.3 Å². The van der Waals surface area contributed by atoms with Crippen molar-refractivity contribution in [3.63, 3.8) is 0 Å². The van der Waals surface area contributed by atoms with E-state index in [2.05, 4.69) is 36.9 Å². The van der Waals surface area contributed by atoms with Gasteiger partial charge in [-0.25, -0.2) is 12.7 Å². The molecular formula is C19H26N2O3S. The van der Waals surface area contributed by atoms with Crippen LogP contribution in [0.5, 0.6) is 0 Å². The second-order valence-corrected chi connectivity index (χ2v) is 9.16. The van der Waals surface area contributed by atoms with Crippen LogP contribution in [0, 0.1) is 0 Å². The van der Waals surface area contributed by atoms with E-state index in [0.717, 1.165) is 19.4 Å². The molecule has 25 heavy (non-hydrogen) atoms. The van der Waals surface area contributed by atoms with Gasteiger partial charge in [-0.05, 0) is 48.1 Å². The topological polar surface area (TPSA) is 53.8 Å². The van der Waals surface area contributed by atoms with Crippen LogP contribution in [0.2, 0.25) is 0 Å². The molecule has 0 aliphatic carbocycles. The summed E-state index contributed by atoms with van der Waals surface area (Å²) in [6.07, 6.45) is 2.18. The van der Waals surface area contributed by atoms with Gasteiger partial charge >= 0.3 is 0 Å². The molecule has 0 saturated heterocycles. The highest BCUT2D eigenvalue weighted by Crippen LogP contribution is 2.31. The van der Waals surface area contributed by atoms with Gasteiger partial charge in [0.2, 0.25) is 5.09 Å². The van der Waals surface area contributed by atoms with Gasteiger partial charge in [0.05, 0.1) is 6.54 Å². The van der Waals surface area contributed by atoms with Crippen molar-refractivity contribution in [1.82, 2.24) is 4.31 Å². The maximum absolute atomic E-state index is 12.2. The van der Waals surface area contributed by atoms with Gasteiger partial charge in [-0.2, -0.15) is 0 Å². The van der Waals surface area contributed by atoms with Crippen LogP contribution < -0.4 is 4.90 Å². The van der Waals surface area contributed by atoms with Crippen molar-refractivity contribution < 1.29 is 12.8 Å². The molecule has 0 fully saturated rings. The zero-order chi connectivity index (χ0) is 18.2. The highest BCUT2D eigenvalue weighted by Gasteiger charge is 2.23. The van der Waals surface area contributed by atoms with Crippen LogP contribution in [0.1, 0.15) is 43.1 Å². The lowest BCUT2D eigenvalue weighted by Crippen LogP contribution is -2.28. The minimum atomic E-state index is -3.52. The van der Waals surface area contributed by atoms with Crippen LogP contribution in [0.4, 0.5) is 5.69 Å². The van der Waals surface area contributed by atoms with Crippen LogP contribution in [-0.4, -0.2) is 33.4 Å². The van der Waals surface area contributed by atoms with Gasteiger partial charge in [0.15, 0.2) is 0 Å². The molecule has 1 aliphatic heterocycles. The normalized spacial score (nSPS) is 15.0. The van der Waals surface area contributed by atoms with E-state index in [1.807, 2.05) is 0 Å². The standard InChI is InChI=1S/C19H26N2O3S/c1-14(2)15-7-9-18-16(12-15)6-5-11-21(18)13-17-8-10-19(24-17)25(22,23)20(3)4/h7-10,12,14H,5-6,11,13H2,1-4H3. The van der Waals surface area contributed by atoms with Gasteiger partial charge in [0.1, 0.15) is 5.76 Å². The molecule has 0 amide bonds. The third-order valence-electron chi connectivity index (χ3n) is 4.70. The monoisotopic (exact) mass is 362 g/mol. The Morgan fingerprint density at radius 3 is 2.64 bits per heavy atom. The molecule has 0 unspecified atom stereocenters. The number of benzene rings is 1. The molecule has 2 aromatic rings. The highest BCUT2D eigenvalue weighted by molar-refractivity contribution is 7.88. The Morgan fingerprint density at radius 2 is 1.96 bits per heavy atom. The van der Waals surface area contributed by atoms with Gasteiger partial charge in [-0.15, -0.1) is 0 Å². The summed E-state index contributed by atoms with van der Waals surface area (Å²) in [6, 6.07) is 9.97. The molecule has 6 heteroatoms. The van der Waals surface area contributed by atoms with Crippen LogP contribution >= 0.6 is 0 Å². The fraction of sp³-hybridized carbons (Fsp3) is 0.474. The fourth-order valence-electron chi connectivity index (χ4n) is 3.17. The highest BCUT2D eigenvalue weighted by atomic mass is 32.2. The number of sulfonamides is 1. The van der Waals surface area contributed by atoms with E-state index in [4.69, 9.17) is 4.42 Å². The molecule has 5 nitrogen and oxygen atoms in total. The van der Waals surface area contributed by atoms with E-state index < -0.39 is 10.0 Å². The van der Waals surface area contributed by atoms with Crippen molar-refractivity contribution in [2.75, 3.05) is 25.5 Å². The van der Waals surface area contributed by atoms with Crippen LogP contribution in [0.15, 0.2) is 39.8 Å². The first kappa shape index (κ1) is 18.0. The Bertz CT molecular complexity index is 853. The van der Waals surface area contributed by atoms with Crippen LogP contribution in [0.3, 0.4) is 0 Å². The first-order valence-corrected chi connectivity index (χ1v) is 10.1. The summed E-state index contributed by atoms with van der Waals surface area (Å²) in [5.74, 6) is 1.19. The van der Waals surface area contributed by atoms with Crippen molar-refractivity contribution in [3.05, 3.63) is 47.2 Å². The Morgan fingerprint density at radius 1 is 1.20 bits per heavy atom. The van der Waals surface area contributed by atoms with E-state index in [1.54, 1.807) is 6.07 Å². The van der Waals surface area contributed by atoms with Crippen molar-refractivity contribution in [2.24, 2.45) is 0 Å². The second-order valence-electron chi connectivity index (χ2n) is 7.08. The third kappa shape index (κ3) is 3.60. The minimum Gasteiger partial charge on any atom is -0.446 e. The lowest BCUT2D eigenvalue weighted by atomic mass is 9.95. The lowest BCUT2D eigenvalue weighted by Gasteiger charge is -2.31. The number of rotatable bonds is 5. The summed E-state index contributed by atoms with van der Waals surface area (Å²) < 4.78 is 31.1. The Balaban J connectivity index is 1.83. The first-order valence-electron chi connectivity index (χ1n) is 8.68. The minimum absolute atomic E-state index is 0.000103. The largest absolute Gasteiger partial charge is 0.446 e. The smallest absolute Gasteiger partial charge is 0.275 e. The van der Waals surface area contributed by atoms with E-state index in [9.17, 15) is 8.42 Å². The number of fused-ring (bicyclic) bond motifs is 1. The summed E-state index contributed by atoms with van der Waals surface area (Å²) >= 11 is 0. The van der Waals surface area contributed by atoms with Crippen LogP contribution in [0.25, 0.3) is 0 Å². The van der Waals surface area contributed by atoms with Gasteiger partial charge in [0, 0.05) is 26.3 Å². The predicted molar refractivity (Wildman–Crippen MR) is 99.5 cm³/mol. The summed E-state index contributed by atoms with van der Waals surface area (Å²) in [5, 5.41) is -0.000103. The molecule has 1 aliphatic rings. The Hall–Kier alpha value is -1.79. The number of hydrogen-bond acceptors (Lipinski definition) is 4. The second kappa shape index (κ2) is 6.84. The Labute approximate surface area is 150 Å². The van der Waals surface area contributed by atoms with Gasteiger partial charge in [-0.1, -0.05) is 26.0 Å². The molecular weight excluding hydrogens is 336 g/mol. The maximum Gasteiger partial charge on any atom is 0.275 e. The van der Waals surface area contributed by atoms with E-state index >= 15 is 0 Å². The molecule has 1 aromatic carbocycles. The third-order valence-corrected chi connectivity index (χ3v) is 6.39. The van der Waals surface area contributed by atoms with Crippen molar-refractivity contribution >= 4 is 15.7 Å². The number of nitrogens with zero attached hydrogens (tertiary/aromatic N) is 2. The Kier molecular flexibility index (Phi) is 4.93. The average Bonchev–Trinajstić information content (AvgIpc) is 3.03. The molecule has 1 aromatic heterocycles. The zero-order valence-corrected chi connectivity index (χ0v) is 16.1. The van der Waals surface area contributed by atoms with Crippen molar-refractivity contribution in [3.8, 4) is 0 Å². The summed E-state index contributed by atoms with van der Waals surface area (Å²) in [4.78, 5) is 2.27. The quantitative estimate of drug-likeness (QED) is 0.815. The lowest BCUT2D eigenvalue weighted by molar-refractivity contribution is 0.395. The van der Waals surface area contributed by atoms with E-state index in [-0.39, 0.29) is 5.09 Å². The molecule has 136 valence electrons. The van der Waals surface area contributed by atoms with Crippen molar-refractivity contribution in [2.45, 2.75) is 44.2 Å². The summed E-state index contributed by atoms with van der Waals surface area (Å²) in [5.41, 5.74) is 3.95. The number of furan rings is 1. The van der Waals surface area contributed by atoms with Gasteiger partial charge in [-0.3, -0.25) is 0 Å². The molecule has 0 spiro atoms. The molecule has 0 bridgehead atoms. The molecule has 0 radical (unpaired) electrons. The number of hydrogen-bond donors (Lipinski definition) is 0. The molecule has 3 rings (SSSR count). The molecule has 0 N–H and O–H groups in total. The van der Waals surface area contributed by atoms with Crippen molar-refractivity contribution in [1.29, 1.82) is 0 Å². The molecule has 0 atom stereocenters. The summed E-state index contributed by atoms with van der Waals surface area (Å²) in [6.45, 7) is 5.94. The average molecular weight is 362 g/mol. The van der Waals surface area contributed by atoms with E-state index in [0.29, 0.717) is 18.2 Å². The van der Waals surface area contributed by atoms with Crippen LogP contribution in [-0.2, 0) is 23.0 Å². The molecule has 0 saturated carbocycles. The summed E-state index contributed by atoms with van der Waals surface area (Å²) in [7, 11) is -0.515.